The number of allylic oxidation sites excluding steroid dienone is 1. The number of nitro groups is 1. The van der Waals surface area contributed by atoms with Gasteiger partial charge in [-0.15, -0.1) is 0 Å². The molecule has 1 aliphatic carbocycles. The summed E-state index contributed by atoms with van der Waals surface area (Å²) in [6.45, 7) is 0. The number of non-ortho nitro benzene ring substituents is 1. The predicted molar refractivity (Wildman–Crippen MR) is 65.3 cm³/mol. The third kappa shape index (κ3) is 2.94. The van der Waals surface area contributed by atoms with E-state index in [1.807, 2.05) is 6.08 Å². The highest BCUT2D eigenvalue weighted by atomic mass is 16.6. The van der Waals surface area contributed by atoms with E-state index in [-0.39, 0.29) is 11.8 Å². The lowest BCUT2D eigenvalue weighted by molar-refractivity contribution is -0.384. The maximum atomic E-state index is 11.8. The molecule has 5 nitrogen and oxygen atoms in total. The summed E-state index contributed by atoms with van der Waals surface area (Å²) in [7, 11) is 0. The molecule has 0 heterocycles. The van der Waals surface area contributed by atoms with Gasteiger partial charge in [0.25, 0.3) is 5.69 Å². The van der Waals surface area contributed by atoms with Crippen LogP contribution >= 0.6 is 0 Å². The van der Waals surface area contributed by atoms with E-state index in [1.54, 1.807) is 0 Å². The molecule has 1 aromatic carbocycles. The number of nitrogens with zero attached hydrogens (tertiary/aromatic N) is 1. The molecule has 0 N–H and O–H groups in total. The topological polar surface area (TPSA) is 69.4 Å². The van der Waals surface area contributed by atoms with Crippen LogP contribution in [0, 0.1) is 10.1 Å². The van der Waals surface area contributed by atoms with Crippen molar-refractivity contribution in [2.45, 2.75) is 25.4 Å². The van der Waals surface area contributed by atoms with E-state index in [0.29, 0.717) is 5.56 Å². The number of carbonyl (C=O) groups is 1. The first-order chi connectivity index (χ1) is 8.66. The van der Waals surface area contributed by atoms with Crippen LogP contribution in [0.1, 0.15) is 29.6 Å². The summed E-state index contributed by atoms with van der Waals surface area (Å²) in [5.74, 6) is -0.426. The Kier molecular flexibility index (Phi) is 3.72. The van der Waals surface area contributed by atoms with E-state index in [4.69, 9.17) is 4.74 Å². The second kappa shape index (κ2) is 5.44. The van der Waals surface area contributed by atoms with Crippen LogP contribution in [0.25, 0.3) is 0 Å². The van der Waals surface area contributed by atoms with Crippen molar-refractivity contribution in [1.82, 2.24) is 0 Å². The fourth-order valence-corrected chi connectivity index (χ4v) is 1.81. The van der Waals surface area contributed by atoms with E-state index < -0.39 is 10.9 Å². The number of carbonyl (C=O) groups excluding carboxylic acids is 1. The summed E-state index contributed by atoms with van der Waals surface area (Å²) in [4.78, 5) is 21.8. The average molecular weight is 247 g/mol. The van der Waals surface area contributed by atoms with E-state index in [2.05, 4.69) is 6.08 Å². The highest BCUT2D eigenvalue weighted by molar-refractivity contribution is 5.89. The molecule has 0 amide bonds. The molecular formula is C13H13NO4. The van der Waals surface area contributed by atoms with Gasteiger partial charge in [-0.2, -0.15) is 0 Å². The lowest BCUT2D eigenvalue weighted by Gasteiger charge is -2.18. The number of ether oxygens (including phenoxy) is 1. The lowest BCUT2D eigenvalue weighted by atomic mass is 10.0. The molecule has 0 fully saturated rings. The zero-order chi connectivity index (χ0) is 13.0. The van der Waals surface area contributed by atoms with Gasteiger partial charge in [-0.3, -0.25) is 10.1 Å². The number of esters is 1. The van der Waals surface area contributed by atoms with Crippen LogP contribution in [-0.4, -0.2) is 17.0 Å². The van der Waals surface area contributed by atoms with Crippen molar-refractivity contribution < 1.29 is 14.5 Å². The quantitative estimate of drug-likeness (QED) is 0.356. The Labute approximate surface area is 104 Å². The Balaban J connectivity index is 2.00. The Morgan fingerprint density at radius 1 is 1.28 bits per heavy atom. The van der Waals surface area contributed by atoms with Crippen molar-refractivity contribution in [3.63, 3.8) is 0 Å². The van der Waals surface area contributed by atoms with Crippen molar-refractivity contribution in [2.75, 3.05) is 0 Å². The minimum absolute atomic E-state index is 0.0350. The van der Waals surface area contributed by atoms with Crippen molar-refractivity contribution in [1.29, 1.82) is 0 Å². The minimum Gasteiger partial charge on any atom is -0.458 e. The second-order valence-corrected chi connectivity index (χ2v) is 4.12. The van der Waals surface area contributed by atoms with Gasteiger partial charge in [0.15, 0.2) is 0 Å². The zero-order valence-corrected chi connectivity index (χ0v) is 9.74. The molecule has 1 aromatic rings. The average Bonchev–Trinajstić information content (AvgIpc) is 2.40. The van der Waals surface area contributed by atoms with Gasteiger partial charge in [-0.05, 0) is 25.0 Å². The number of hydrogen-bond donors (Lipinski definition) is 0. The van der Waals surface area contributed by atoms with Gasteiger partial charge in [-0.1, -0.05) is 12.2 Å². The smallest absolute Gasteiger partial charge is 0.338 e. The molecular weight excluding hydrogens is 234 g/mol. The van der Waals surface area contributed by atoms with Gasteiger partial charge in [0.05, 0.1) is 10.5 Å². The molecule has 0 saturated carbocycles. The fraction of sp³-hybridized carbons (Fsp3) is 0.308. The van der Waals surface area contributed by atoms with Crippen LogP contribution in [0.3, 0.4) is 0 Å². The Bertz CT molecular complexity index is 478. The first-order valence-corrected chi connectivity index (χ1v) is 5.77. The van der Waals surface area contributed by atoms with Crippen LogP contribution in [0.2, 0.25) is 0 Å². The molecule has 5 heteroatoms. The number of hydrogen-bond acceptors (Lipinski definition) is 4. The maximum absolute atomic E-state index is 11.8. The summed E-state index contributed by atoms with van der Waals surface area (Å²) in [6.07, 6.45) is 6.46. The number of rotatable bonds is 3. The Hall–Kier alpha value is -2.17. The molecule has 1 unspecified atom stereocenters. The van der Waals surface area contributed by atoms with Crippen molar-refractivity contribution >= 4 is 11.7 Å². The molecule has 0 spiro atoms. The van der Waals surface area contributed by atoms with Gasteiger partial charge in [0, 0.05) is 18.6 Å². The van der Waals surface area contributed by atoms with Crippen LogP contribution in [0.4, 0.5) is 5.69 Å². The highest BCUT2D eigenvalue weighted by Gasteiger charge is 2.17. The third-order valence-electron chi connectivity index (χ3n) is 2.81. The normalized spacial score (nSPS) is 18.3. The summed E-state index contributed by atoms with van der Waals surface area (Å²) in [5.41, 5.74) is 0.308. The second-order valence-electron chi connectivity index (χ2n) is 4.12. The van der Waals surface area contributed by atoms with Gasteiger partial charge >= 0.3 is 5.97 Å². The summed E-state index contributed by atoms with van der Waals surface area (Å²) >= 11 is 0. The van der Waals surface area contributed by atoms with E-state index in [0.717, 1.165) is 19.3 Å². The molecule has 0 bridgehead atoms. The largest absolute Gasteiger partial charge is 0.458 e. The fourth-order valence-electron chi connectivity index (χ4n) is 1.81. The monoisotopic (exact) mass is 247 g/mol. The van der Waals surface area contributed by atoms with E-state index in [9.17, 15) is 14.9 Å². The molecule has 0 radical (unpaired) electrons. The SMILES string of the molecule is O=C(OC1CC=CCC1)c1ccc([N+](=O)[O-])cc1. The van der Waals surface area contributed by atoms with E-state index in [1.165, 1.54) is 24.3 Å². The third-order valence-corrected chi connectivity index (χ3v) is 2.81. The first-order valence-electron chi connectivity index (χ1n) is 5.77. The van der Waals surface area contributed by atoms with Gasteiger partial charge in [0.2, 0.25) is 0 Å². The zero-order valence-electron chi connectivity index (χ0n) is 9.74. The van der Waals surface area contributed by atoms with Gasteiger partial charge in [-0.25, -0.2) is 4.79 Å². The van der Waals surface area contributed by atoms with Crippen LogP contribution in [0.5, 0.6) is 0 Å². The molecule has 1 aliphatic rings. The van der Waals surface area contributed by atoms with Crippen molar-refractivity contribution in [2.24, 2.45) is 0 Å². The molecule has 0 aliphatic heterocycles. The molecule has 94 valence electrons. The maximum Gasteiger partial charge on any atom is 0.338 e. The van der Waals surface area contributed by atoms with Gasteiger partial charge < -0.3 is 4.74 Å². The van der Waals surface area contributed by atoms with Crippen LogP contribution in [-0.2, 0) is 4.74 Å². The molecule has 0 aromatic heterocycles. The van der Waals surface area contributed by atoms with Crippen LogP contribution in [0.15, 0.2) is 36.4 Å². The lowest BCUT2D eigenvalue weighted by Crippen LogP contribution is -2.19. The van der Waals surface area contributed by atoms with E-state index >= 15 is 0 Å². The first kappa shape index (κ1) is 12.3. The molecule has 1 atom stereocenters. The molecule has 2 rings (SSSR count). The standard InChI is InChI=1S/C13H13NO4/c15-13(18-12-4-2-1-3-5-12)10-6-8-11(9-7-10)14(16)17/h1-2,6-9,12H,3-5H2. The molecule has 18 heavy (non-hydrogen) atoms. The van der Waals surface area contributed by atoms with Crippen molar-refractivity contribution in [3.05, 3.63) is 52.1 Å². The number of benzene rings is 1. The van der Waals surface area contributed by atoms with Crippen molar-refractivity contribution in [3.8, 4) is 0 Å². The Morgan fingerprint density at radius 3 is 2.56 bits per heavy atom. The summed E-state index contributed by atoms with van der Waals surface area (Å²) in [5, 5.41) is 10.5. The number of nitro benzene ring substituents is 1. The summed E-state index contributed by atoms with van der Waals surface area (Å²) < 4.78 is 5.32. The minimum atomic E-state index is -0.499. The van der Waals surface area contributed by atoms with Crippen LogP contribution < -0.4 is 0 Å². The predicted octanol–water partition coefficient (Wildman–Crippen LogP) is 2.86. The summed E-state index contributed by atoms with van der Waals surface area (Å²) in [6, 6.07) is 5.44. The molecule has 0 saturated heterocycles. The van der Waals surface area contributed by atoms with Gasteiger partial charge in [0.1, 0.15) is 6.10 Å². The Morgan fingerprint density at radius 2 is 2.00 bits per heavy atom. The highest BCUT2D eigenvalue weighted by Crippen LogP contribution is 2.17.